The second-order valence-corrected chi connectivity index (χ2v) is 5.68. The summed E-state index contributed by atoms with van der Waals surface area (Å²) < 4.78 is 10.1. The van der Waals surface area contributed by atoms with Gasteiger partial charge in [0, 0.05) is 5.92 Å². The molecule has 0 heterocycles. The van der Waals surface area contributed by atoms with E-state index >= 15 is 0 Å². The van der Waals surface area contributed by atoms with Crippen molar-refractivity contribution in [2.45, 2.75) is 5.92 Å². The summed E-state index contributed by atoms with van der Waals surface area (Å²) in [7, 11) is 0. The highest BCUT2D eigenvalue weighted by atomic mass is 16.6. The number of hydrogen-bond donors (Lipinski definition) is 2. The molecule has 25 heavy (non-hydrogen) atoms. The largest absolute Gasteiger partial charge is 0.463 e. The van der Waals surface area contributed by atoms with Crippen LogP contribution in [0.5, 0.6) is 0 Å². The molecule has 3 rings (SSSR count). The Hall–Kier alpha value is -2.86. The van der Waals surface area contributed by atoms with E-state index in [-0.39, 0.29) is 32.2 Å². The number of esters is 1. The molecular formula is C19H20N2O4. The number of hydrogen-bond acceptors (Lipinski definition) is 5. The zero-order valence-corrected chi connectivity index (χ0v) is 13.7. The molecule has 1 aliphatic carbocycles. The number of rotatable bonds is 6. The molecule has 2 aromatic rings. The Labute approximate surface area is 145 Å². The van der Waals surface area contributed by atoms with Crippen LogP contribution in [0.25, 0.3) is 11.1 Å². The first-order chi connectivity index (χ1) is 12.2. The van der Waals surface area contributed by atoms with E-state index < -0.39 is 12.1 Å². The lowest BCUT2D eigenvalue weighted by molar-refractivity contribution is -0.141. The van der Waals surface area contributed by atoms with Crippen molar-refractivity contribution in [3.63, 3.8) is 0 Å². The third kappa shape index (κ3) is 3.80. The van der Waals surface area contributed by atoms with Crippen molar-refractivity contribution in [3.8, 4) is 11.1 Å². The minimum absolute atomic E-state index is 0.0215. The average Bonchev–Trinajstić information content (AvgIpc) is 2.97. The summed E-state index contributed by atoms with van der Waals surface area (Å²) in [5.74, 6) is -0.484. The van der Waals surface area contributed by atoms with Gasteiger partial charge in [-0.1, -0.05) is 48.5 Å². The van der Waals surface area contributed by atoms with Crippen LogP contribution in [0.4, 0.5) is 4.79 Å². The smallest absolute Gasteiger partial charge is 0.407 e. The summed E-state index contributed by atoms with van der Waals surface area (Å²) in [5, 5.41) is 2.55. The first-order valence-corrected chi connectivity index (χ1v) is 8.15. The first-order valence-electron chi connectivity index (χ1n) is 8.15. The predicted molar refractivity (Wildman–Crippen MR) is 93.1 cm³/mol. The Morgan fingerprint density at radius 1 is 0.960 bits per heavy atom. The van der Waals surface area contributed by atoms with Crippen LogP contribution in [0.2, 0.25) is 0 Å². The molecule has 1 aliphatic rings. The van der Waals surface area contributed by atoms with Crippen LogP contribution in [0.1, 0.15) is 17.0 Å². The zero-order valence-electron chi connectivity index (χ0n) is 13.7. The molecule has 3 N–H and O–H groups in total. The molecule has 6 heteroatoms. The Bertz CT molecular complexity index is 730. The minimum Gasteiger partial charge on any atom is -0.463 e. The van der Waals surface area contributed by atoms with E-state index in [0.717, 1.165) is 11.1 Å². The van der Waals surface area contributed by atoms with Gasteiger partial charge in [0.2, 0.25) is 0 Å². The maximum Gasteiger partial charge on any atom is 0.407 e. The Balaban J connectivity index is 1.56. The lowest BCUT2D eigenvalue weighted by Crippen LogP contribution is -2.30. The molecule has 0 spiro atoms. The van der Waals surface area contributed by atoms with Crippen molar-refractivity contribution in [1.82, 2.24) is 5.32 Å². The Kier molecular flexibility index (Phi) is 5.30. The number of ether oxygens (including phenoxy) is 2. The van der Waals surface area contributed by atoms with E-state index in [4.69, 9.17) is 15.2 Å². The molecule has 0 bridgehead atoms. The van der Waals surface area contributed by atoms with Gasteiger partial charge in [0.15, 0.2) is 0 Å². The van der Waals surface area contributed by atoms with E-state index in [2.05, 4.69) is 29.6 Å². The molecule has 2 aromatic carbocycles. The van der Waals surface area contributed by atoms with Gasteiger partial charge in [-0.25, -0.2) is 4.79 Å². The lowest BCUT2D eigenvalue weighted by atomic mass is 9.98. The van der Waals surface area contributed by atoms with Crippen LogP contribution in [0.3, 0.4) is 0 Å². The van der Waals surface area contributed by atoms with Crippen LogP contribution >= 0.6 is 0 Å². The highest BCUT2D eigenvalue weighted by molar-refractivity contribution is 5.79. The number of carbonyl (C=O) groups excluding carboxylic acids is 2. The standard InChI is InChI=1S/C19H20N2O4/c20-11-18(22)24-10-9-21-19(23)25-12-17-15-7-3-1-5-13(15)14-6-2-4-8-16(14)17/h1-8,17H,9-12,20H2,(H,21,23). The third-order valence-electron chi connectivity index (χ3n) is 4.14. The second-order valence-electron chi connectivity index (χ2n) is 5.68. The van der Waals surface area contributed by atoms with Gasteiger partial charge in [-0.3, -0.25) is 4.79 Å². The van der Waals surface area contributed by atoms with E-state index in [9.17, 15) is 9.59 Å². The number of amides is 1. The van der Waals surface area contributed by atoms with Crippen molar-refractivity contribution in [2.24, 2.45) is 5.73 Å². The molecule has 0 unspecified atom stereocenters. The van der Waals surface area contributed by atoms with E-state index in [1.54, 1.807) is 0 Å². The summed E-state index contributed by atoms with van der Waals surface area (Å²) in [6.45, 7) is 0.329. The molecular weight excluding hydrogens is 320 g/mol. The molecule has 0 fully saturated rings. The van der Waals surface area contributed by atoms with E-state index in [1.807, 2.05) is 24.3 Å². The molecule has 1 amide bonds. The molecule has 130 valence electrons. The summed E-state index contributed by atoms with van der Waals surface area (Å²) >= 11 is 0. The van der Waals surface area contributed by atoms with Gasteiger partial charge in [-0.15, -0.1) is 0 Å². The summed E-state index contributed by atoms with van der Waals surface area (Å²) in [4.78, 5) is 22.7. The van der Waals surface area contributed by atoms with E-state index in [1.165, 1.54) is 11.1 Å². The van der Waals surface area contributed by atoms with Crippen LogP contribution in [0, 0.1) is 0 Å². The van der Waals surface area contributed by atoms with Gasteiger partial charge in [-0.2, -0.15) is 0 Å². The van der Waals surface area contributed by atoms with Crippen molar-refractivity contribution in [3.05, 3.63) is 59.7 Å². The van der Waals surface area contributed by atoms with Gasteiger partial charge < -0.3 is 20.5 Å². The summed E-state index contributed by atoms with van der Waals surface area (Å²) in [6, 6.07) is 16.3. The highest BCUT2D eigenvalue weighted by Gasteiger charge is 2.28. The molecule has 0 saturated carbocycles. The van der Waals surface area contributed by atoms with Crippen LogP contribution in [0.15, 0.2) is 48.5 Å². The number of alkyl carbamates (subject to hydrolysis) is 1. The molecule has 0 aromatic heterocycles. The maximum absolute atomic E-state index is 11.8. The quantitative estimate of drug-likeness (QED) is 0.620. The summed E-state index contributed by atoms with van der Waals surface area (Å²) in [5.41, 5.74) is 9.81. The number of nitrogens with two attached hydrogens (primary N) is 1. The SMILES string of the molecule is NCC(=O)OCCNC(=O)OCC1c2ccccc2-c2ccccc21. The molecule has 0 saturated heterocycles. The fraction of sp³-hybridized carbons (Fsp3) is 0.263. The molecule has 0 aliphatic heterocycles. The third-order valence-corrected chi connectivity index (χ3v) is 4.14. The maximum atomic E-state index is 11.8. The van der Waals surface area contributed by atoms with Gasteiger partial charge >= 0.3 is 12.1 Å². The number of carbonyl (C=O) groups is 2. The molecule has 6 nitrogen and oxygen atoms in total. The second kappa shape index (κ2) is 7.81. The van der Waals surface area contributed by atoms with Crippen LogP contribution in [-0.2, 0) is 14.3 Å². The number of nitrogens with one attached hydrogen (secondary N) is 1. The van der Waals surface area contributed by atoms with Crippen LogP contribution < -0.4 is 11.1 Å². The van der Waals surface area contributed by atoms with Gasteiger partial charge in [0.1, 0.15) is 13.2 Å². The van der Waals surface area contributed by atoms with E-state index in [0.29, 0.717) is 0 Å². The average molecular weight is 340 g/mol. The fourth-order valence-corrected chi connectivity index (χ4v) is 3.03. The van der Waals surface area contributed by atoms with Crippen molar-refractivity contribution >= 4 is 12.1 Å². The molecule has 0 radical (unpaired) electrons. The predicted octanol–water partition coefficient (Wildman–Crippen LogP) is 2.03. The fourth-order valence-electron chi connectivity index (χ4n) is 3.03. The number of benzene rings is 2. The normalized spacial score (nSPS) is 12.2. The van der Waals surface area contributed by atoms with Crippen molar-refractivity contribution in [1.29, 1.82) is 0 Å². The minimum atomic E-state index is -0.536. The number of fused-ring (bicyclic) bond motifs is 3. The Morgan fingerprint density at radius 3 is 2.16 bits per heavy atom. The van der Waals surface area contributed by atoms with Crippen LogP contribution in [-0.4, -0.2) is 38.4 Å². The lowest BCUT2D eigenvalue weighted by Gasteiger charge is -2.14. The van der Waals surface area contributed by atoms with Gasteiger partial charge in [0.05, 0.1) is 13.1 Å². The van der Waals surface area contributed by atoms with Crippen molar-refractivity contribution < 1.29 is 19.1 Å². The Morgan fingerprint density at radius 2 is 1.56 bits per heavy atom. The van der Waals surface area contributed by atoms with Gasteiger partial charge in [0.25, 0.3) is 0 Å². The summed E-state index contributed by atoms with van der Waals surface area (Å²) in [6.07, 6.45) is -0.536. The van der Waals surface area contributed by atoms with Crippen molar-refractivity contribution in [2.75, 3.05) is 26.3 Å². The topological polar surface area (TPSA) is 90.7 Å². The molecule has 0 atom stereocenters. The highest BCUT2D eigenvalue weighted by Crippen LogP contribution is 2.44. The van der Waals surface area contributed by atoms with Gasteiger partial charge in [-0.05, 0) is 22.3 Å². The first kappa shape index (κ1) is 17.0. The monoisotopic (exact) mass is 340 g/mol. The zero-order chi connectivity index (χ0) is 17.6.